The first-order valence-electron chi connectivity index (χ1n) is 6.82. The number of aryl methyl sites for hydroxylation is 1. The third kappa shape index (κ3) is 4.65. The number of hydrogen-bond donors (Lipinski definition) is 1. The summed E-state index contributed by atoms with van der Waals surface area (Å²) >= 11 is 0. The zero-order chi connectivity index (χ0) is 13.5. The van der Waals surface area contributed by atoms with Gasteiger partial charge in [0.15, 0.2) is 0 Å². The van der Waals surface area contributed by atoms with Gasteiger partial charge in [0.1, 0.15) is 0 Å². The van der Waals surface area contributed by atoms with Gasteiger partial charge in [-0.15, -0.1) is 0 Å². The number of aromatic nitrogens is 2. The molecule has 0 aliphatic carbocycles. The Kier molecular flexibility index (Phi) is 5.35. The predicted molar refractivity (Wildman–Crippen MR) is 72.0 cm³/mol. The molecule has 1 aromatic heterocycles. The van der Waals surface area contributed by atoms with Crippen molar-refractivity contribution in [3.05, 3.63) is 18.0 Å². The first kappa shape index (κ1) is 14.0. The molecule has 1 amide bonds. The van der Waals surface area contributed by atoms with Crippen LogP contribution in [0.3, 0.4) is 0 Å². The molecule has 0 spiro atoms. The molecule has 6 heteroatoms. The van der Waals surface area contributed by atoms with Gasteiger partial charge in [0.2, 0.25) is 0 Å². The van der Waals surface area contributed by atoms with Crippen molar-refractivity contribution < 1.29 is 9.53 Å². The molecule has 1 saturated heterocycles. The van der Waals surface area contributed by atoms with E-state index < -0.39 is 0 Å². The molecule has 0 saturated carbocycles. The van der Waals surface area contributed by atoms with Gasteiger partial charge in [0, 0.05) is 32.9 Å². The van der Waals surface area contributed by atoms with Gasteiger partial charge in [-0.1, -0.05) is 0 Å². The van der Waals surface area contributed by atoms with Gasteiger partial charge in [-0.05, 0) is 19.4 Å². The number of carbonyl (C=O) groups excluding carboxylic acids is 1. The minimum atomic E-state index is -0.0422. The molecule has 2 rings (SSSR count). The SMILES string of the molecule is Cn1cc(C(=O)NCCCCN2CCOCC2)cn1. The van der Waals surface area contributed by atoms with E-state index in [1.807, 2.05) is 0 Å². The number of nitrogens with zero attached hydrogens (tertiary/aromatic N) is 3. The summed E-state index contributed by atoms with van der Waals surface area (Å²) in [6.45, 7) is 5.56. The van der Waals surface area contributed by atoms with Crippen molar-refractivity contribution in [2.75, 3.05) is 39.4 Å². The quantitative estimate of drug-likeness (QED) is 0.751. The van der Waals surface area contributed by atoms with Crippen LogP contribution in [0.5, 0.6) is 0 Å². The van der Waals surface area contributed by atoms with Gasteiger partial charge < -0.3 is 10.1 Å². The van der Waals surface area contributed by atoms with Crippen LogP contribution in [-0.2, 0) is 11.8 Å². The van der Waals surface area contributed by atoms with E-state index in [0.717, 1.165) is 52.2 Å². The van der Waals surface area contributed by atoms with E-state index >= 15 is 0 Å². The Bertz CT molecular complexity index is 399. The monoisotopic (exact) mass is 266 g/mol. The van der Waals surface area contributed by atoms with Crippen molar-refractivity contribution >= 4 is 5.91 Å². The van der Waals surface area contributed by atoms with E-state index in [4.69, 9.17) is 4.74 Å². The minimum Gasteiger partial charge on any atom is -0.379 e. The Hall–Kier alpha value is -1.40. The summed E-state index contributed by atoms with van der Waals surface area (Å²) in [5, 5.41) is 6.90. The number of rotatable bonds is 6. The molecule has 1 aliphatic heterocycles. The van der Waals surface area contributed by atoms with Gasteiger partial charge in [0.25, 0.3) is 5.91 Å². The number of morpholine rings is 1. The summed E-state index contributed by atoms with van der Waals surface area (Å²) in [6.07, 6.45) is 5.42. The van der Waals surface area contributed by atoms with E-state index in [1.54, 1.807) is 24.1 Å². The summed E-state index contributed by atoms with van der Waals surface area (Å²) in [5.74, 6) is -0.0422. The van der Waals surface area contributed by atoms with E-state index in [2.05, 4.69) is 15.3 Å². The average molecular weight is 266 g/mol. The topological polar surface area (TPSA) is 59.4 Å². The van der Waals surface area contributed by atoms with Crippen LogP contribution in [0, 0.1) is 0 Å². The van der Waals surface area contributed by atoms with Crippen molar-refractivity contribution in [3.63, 3.8) is 0 Å². The molecule has 0 radical (unpaired) electrons. The molecule has 0 unspecified atom stereocenters. The van der Waals surface area contributed by atoms with Crippen LogP contribution in [0.4, 0.5) is 0 Å². The predicted octanol–water partition coefficient (Wildman–Crippen LogP) is 0.262. The van der Waals surface area contributed by atoms with Crippen LogP contribution in [-0.4, -0.2) is 60.0 Å². The second-order valence-electron chi connectivity index (χ2n) is 4.82. The molecule has 1 aliphatic rings. The molecule has 0 atom stereocenters. The van der Waals surface area contributed by atoms with Crippen LogP contribution in [0.25, 0.3) is 0 Å². The summed E-state index contributed by atoms with van der Waals surface area (Å²) < 4.78 is 6.94. The maximum absolute atomic E-state index is 11.7. The Morgan fingerprint density at radius 2 is 2.21 bits per heavy atom. The van der Waals surface area contributed by atoms with E-state index in [-0.39, 0.29) is 5.91 Å². The van der Waals surface area contributed by atoms with Crippen molar-refractivity contribution in [1.82, 2.24) is 20.0 Å². The molecule has 6 nitrogen and oxygen atoms in total. The number of amides is 1. The number of nitrogens with one attached hydrogen (secondary N) is 1. The van der Waals surface area contributed by atoms with Crippen molar-refractivity contribution in [2.45, 2.75) is 12.8 Å². The molecule has 106 valence electrons. The van der Waals surface area contributed by atoms with Crippen LogP contribution in [0.1, 0.15) is 23.2 Å². The van der Waals surface area contributed by atoms with Crippen LogP contribution >= 0.6 is 0 Å². The average Bonchev–Trinajstić information content (AvgIpc) is 2.86. The smallest absolute Gasteiger partial charge is 0.254 e. The summed E-state index contributed by atoms with van der Waals surface area (Å²) in [4.78, 5) is 14.1. The normalized spacial score (nSPS) is 16.5. The lowest BCUT2D eigenvalue weighted by Gasteiger charge is -2.26. The van der Waals surface area contributed by atoms with Crippen LogP contribution in [0.2, 0.25) is 0 Å². The van der Waals surface area contributed by atoms with E-state index in [9.17, 15) is 4.79 Å². The molecule has 0 bridgehead atoms. The summed E-state index contributed by atoms with van der Waals surface area (Å²) in [5.41, 5.74) is 0.621. The third-order valence-electron chi connectivity index (χ3n) is 3.26. The zero-order valence-corrected chi connectivity index (χ0v) is 11.5. The maximum Gasteiger partial charge on any atom is 0.254 e. The van der Waals surface area contributed by atoms with Gasteiger partial charge in [-0.2, -0.15) is 5.10 Å². The highest BCUT2D eigenvalue weighted by Crippen LogP contribution is 2.00. The lowest BCUT2D eigenvalue weighted by atomic mass is 10.2. The van der Waals surface area contributed by atoms with Gasteiger partial charge in [0.05, 0.1) is 25.0 Å². The minimum absolute atomic E-state index is 0.0422. The number of carbonyl (C=O) groups is 1. The maximum atomic E-state index is 11.7. The molecular weight excluding hydrogens is 244 g/mol. The second-order valence-corrected chi connectivity index (χ2v) is 4.82. The fourth-order valence-corrected chi connectivity index (χ4v) is 2.13. The summed E-state index contributed by atoms with van der Waals surface area (Å²) in [7, 11) is 1.80. The largest absolute Gasteiger partial charge is 0.379 e. The van der Waals surface area contributed by atoms with Crippen LogP contribution < -0.4 is 5.32 Å². The molecular formula is C13H22N4O2. The highest BCUT2D eigenvalue weighted by atomic mass is 16.5. The fraction of sp³-hybridized carbons (Fsp3) is 0.692. The fourth-order valence-electron chi connectivity index (χ4n) is 2.13. The van der Waals surface area contributed by atoms with Gasteiger partial charge >= 0.3 is 0 Å². The lowest BCUT2D eigenvalue weighted by Crippen LogP contribution is -2.37. The third-order valence-corrected chi connectivity index (χ3v) is 3.26. The Labute approximate surface area is 113 Å². The van der Waals surface area contributed by atoms with Crippen LogP contribution in [0.15, 0.2) is 12.4 Å². The highest BCUT2D eigenvalue weighted by Gasteiger charge is 2.10. The first-order chi connectivity index (χ1) is 9.25. The van der Waals surface area contributed by atoms with E-state index in [0.29, 0.717) is 5.56 Å². The Morgan fingerprint density at radius 3 is 2.89 bits per heavy atom. The van der Waals surface area contributed by atoms with Crippen molar-refractivity contribution in [2.24, 2.45) is 7.05 Å². The van der Waals surface area contributed by atoms with Crippen molar-refractivity contribution in [3.8, 4) is 0 Å². The molecule has 0 aromatic carbocycles. The molecule has 1 N–H and O–H groups in total. The molecule has 1 fully saturated rings. The molecule has 19 heavy (non-hydrogen) atoms. The molecule has 2 heterocycles. The Morgan fingerprint density at radius 1 is 1.42 bits per heavy atom. The number of ether oxygens (including phenoxy) is 1. The van der Waals surface area contributed by atoms with Crippen molar-refractivity contribution in [1.29, 1.82) is 0 Å². The standard InChI is InChI=1S/C13H22N4O2/c1-16-11-12(10-15-16)13(18)14-4-2-3-5-17-6-8-19-9-7-17/h10-11H,2-9H2,1H3,(H,14,18). The van der Waals surface area contributed by atoms with E-state index in [1.165, 1.54) is 0 Å². The molecule has 1 aromatic rings. The van der Waals surface area contributed by atoms with Gasteiger partial charge in [-0.25, -0.2) is 0 Å². The van der Waals surface area contributed by atoms with Gasteiger partial charge in [-0.3, -0.25) is 14.4 Å². The number of hydrogen-bond acceptors (Lipinski definition) is 4. The zero-order valence-electron chi connectivity index (χ0n) is 11.5. The second kappa shape index (κ2) is 7.25. The lowest BCUT2D eigenvalue weighted by molar-refractivity contribution is 0.0372. The summed E-state index contributed by atoms with van der Waals surface area (Å²) in [6, 6.07) is 0. The first-order valence-corrected chi connectivity index (χ1v) is 6.82. The highest BCUT2D eigenvalue weighted by molar-refractivity contribution is 5.93. The number of unbranched alkanes of at least 4 members (excludes halogenated alkanes) is 1. The Balaban J connectivity index is 1.55.